The van der Waals surface area contributed by atoms with E-state index >= 15 is 0 Å². The first-order valence-electron chi connectivity index (χ1n) is 3.28. The van der Waals surface area contributed by atoms with Gasteiger partial charge in [0.25, 0.3) is 0 Å². The number of hydrogen-bond donors (Lipinski definition) is 0. The van der Waals surface area contributed by atoms with E-state index in [0.717, 1.165) is 11.2 Å². The molecule has 0 unspecified atom stereocenters. The average molecular weight is 274 g/mol. The quantitative estimate of drug-likeness (QED) is 0.569. The van der Waals surface area contributed by atoms with Crippen molar-refractivity contribution in [1.82, 2.24) is 0 Å². The van der Waals surface area contributed by atoms with Gasteiger partial charge in [-0.1, -0.05) is 0 Å². The van der Waals surface area contributed by atoms with Gasteiger partial charge < -0.3 is 0 Å². The summed E-state index contributed by atoms with van der Waals surface area (Å²) in [6.07, 6.45) is 0. The van der Waals surface area contributed by atoms with Crippen molar-refractivity contribution in [2.75, 3.05) is 0 Å². The minimum atomic E-state index is 0.556. The van der Waals surface area contributed by atoms with Crippen molar-refractivity contribution in [2.45, 2.75) is 0 Å². The summed E-state index contributed by atoms with van der Waals surface area (Å²) in [5.41, 5.74) is 2.25. The summed E-state index contributed by atoms with van der Waals surface area (Å²) in [4.78, 5) is 4.46. The van der Waals surface area contributed by atoms with Gasteiger partial charge in [-0.3, -0.25) is 0 Å². The molecular formula is C8H4OSe2. The molecule has 0 aliphatic carbocycles. The molecule has 3 heteroatoms. The molecule has 0 amide bonds. The zero-order valence-electron chi connectivity index (χ0n) is 5.53. The fourth-order valence-electron chi connectivity index (χ4n) is 1.21. The Balaban J connectivity index is 2.75. The Labute approximate surface area is 75.1 Å². The van der Waals surface area contributed by atoms with Gasteiger partial charge in [-0.05, 0) is 0 Å². The molecule has 0 N–H and O–H groups in total. The minimum absolute atomic E-state index is 0.556. The molecule has 0 bridgehead atoms. The number of hydrogen-bond acceptors (Lipinski definition) is 1. The first-order chi connectivity index (χ1) is 5.45. The Morgan fingerprint density at radius 1 is 0.909 bits per heavy atom. The predicted octanol–water partition coefficient (Wildman–Crippen LogP) is 1.70. The van der Waals surface area contributed by atoms with Crippen molar-refractivity contribution in [2.24, 2.45) is 0 Å². The van der Waals surface area contributed by atoms with E-state index in [1.807, 2.05) is 0 Å². The number of rotatable bonds is 0. The second-order valence-electron chi connectivity index (χ2n) is 2.33. The fraction of sp³-hybridized carbons (Fsp3) is 0. The van der Waals surface area contributed by atoms with Crippen LogP contribution in [-0.4, -0.2) is 29.0 Å². The van der Waals surface area contributed by atoms with Crippen LogP contribution in [0.5, 0.6) is 0 Å². The molecule has 0 fully saturated rings. The normalized spacial score (nSPS) is 11.6. The summed E-state index contributed by atoms with van der Waals surface area (Å²) in [5, 5.41) is 0. The summed E-state index contributed by atoms with van der Waals surface area (Å²) in [6, 6.07) is 4.22. The first kappa shape index (κ1) is 6.33. The van der Waals surface area contributed by atoms with Gasteiger partial charge in [-0.25, -0.2) is 0 Å². The Bertz CT molecular complexity index is 455. The molecule has 0 aliphatic heterocycles. The van der Waals surface area contributed by atoms with Crippen LogP contribution >= 0.6 is 0 Å². The topological polar surface area (TPSA) is 13.1 Å². The zero-order valence-corrected chi connectivity index (χ0v) is 8.96. The monoisotopic (exact) mass is 276 g/mol. The third kappa shape index (κ3) is 0.771. The molecule has 3 heterocycles. The van der Waals surface area contributed by atoms with Crippen LogP contribution in [-0.2, 0) is 0 Å². The summed E-state index contributed by atoms with van der Waals surface area (Å²) < 4.78 is 8.62. The van der Waals surface area contributed by atoms with Crippen molar-refractivity contribution in [3.8, 4) is 0 Å². The molecule has 3 aromatic rings. The number of fused-ring (bicyclic) bond motifs is 3. The van der Waals surface area contributed by atoms with Crippen molar-refractivity contribution < 1.29 is 4.42 Å². The van der Waals surface area contributed by atoms with E-state index in [2.05, 4.69) is 22.0 Å². The van der Waals surface area contributed by atoms with Crippen molar-refractivity contribution in [3.63, 3.8) is 0 Å². The first-order valence-corrected chi connectivity index (χ1v) is 6.97. The molecule has 0 radical (unpaired) electrons. The van der Waals surface area contributed by atoms with Gasteiger partial charge in [0.15, 0.2) is 0 Å². The van der Waals surface area contributed by atoms with Gasteiger partial charge in [-0.15, -0.1) is 0 Å². The molecule has 0 saturated heterocycles. The fourth-order valence-corrected chi connectivity index (χ4v) is 5.45. The van der Waals surface area contributed by atoms with E-state index in [4.69, 9.17) is 4.42 Å². The molecular weight excluding hydrogens is 270 g/mol. The maximum atomic E-state index is 5.63. The SMILES string of the molecule is c1cc2oc3cc[se]c3c2[se]1. The Morgan fingerprint density at radius 2 is 1.45 bits per heavy atom. The van der Waals surface area contributed by atoms with E-state index in [9.17, 15) is 0 Å². The van der Waals surface area contributed by atoms with Crippen LogP contribution in [0.15, 0.2) is 26.4 Å². The standard InChI is InChI=1S/C8H4OSe2/c1-3-10-7-5(1)9-6-2-4-11-8(6)7/h1-4H. The van der Waals surface area contributed by atoms with Gasteiger partial charge >= 0.3 is 75.1 Å². The van der Waals surface area contributed by atoms with Gasteiger partial charge in [0.2, 0.25) is 0 Å². The zero-order chi connectivity index (χ0) is 7.26. The second kappa shape index (κ2) is 2.15. The summed E-state index contributed by atoms with van der Waals surface area (Å²) in [7, 11) is 0. The van der Waals surface area contributed by atoms with Crippen LogP contribution in [0, 0.1) is 0 Å². The number of furan rings is 1. The van der Waals surface area contributed by atoms with Crippen LogP contribution in [0.3, 0.4) is 0 Å². The van der Waals surface area contributed by atoms with Crippen molar-refractivity contribution >= 4 is 48.7 Å². The Kier molecular flexibility index (Phi) is 1.24. The van der Waals surface area contributed by atoms with Gasteiger partial charge in [-0.2, -0.15) is 0 Å². The van der Waals surface area contributed by atoms with Gasteiger partial charge in [0, 0.05) is 0 Å². The second-order valence-corrected chi connectivity index (χ2v) is 6.17. The van der Waals surface area contributed by atoms with Crippen LogP contribution in [0.4, 0.5) is 0 Å². The predicted molar refractivity (Wildman–Crippen MR) is 47.6 cm³/mol. The van der Waals surface area contributed by atoms with Crippen LogP contribution in [0.25, 0.3) is 19.7 Å². The molecule has 3 rings (SSSR count). The van der Waals surface area contributed by atoms with E-state index in [1.165, 1.54) is 8.52 Å². The average Bonchev–Trinajstić information content (AvgIpc) is 2.52. The molecule has 0 aromatic carbocycles. The van der Waals surface area contributed by atoms with Crippen LogP contribution in [0.2, 0.25) is 0 Å². The third-order valence-corrected chi connectivity index (χ3v) is 6.17. The van der Waals surface area contributed by atoms with Crippen molar-refractivity contribution in [1.29, 1.82) is 0 Å². The molecule has 11 heavy (non-hydrogen) atoms. The van der Waals surface area contributed by atoms with E-state index in [1.54, 1.807) is 0 Å². The Hall–Kier alpha value is -0.201. The van der Waals surface area contributed by atoms with E-state index < -0.39 is 0 Å². The van der Waals surface area contributed by atoms with E-state index in [0.29, 0.717) is 29.0 Å². The Morgan fingerprint density at radius 3 is 2.00 bits per heavy atom. The third-order valence-electron chi connectivity index (χ3n) is 1.68. The molecule has 54 valence electrons. The summed E-state index contributed by atoms with van der Waals surface area (Å²) in [6.45, 7) is 0. The summed E-state index contributed by atoms with van der Waals surface area (Å²) >= 11 is 1.11. The molecule has 0 saturated carbocycles. The molecule has 1 nitrogen and oxygen atoms in total. The van der Waals surface area contributed by atoms with Gasteiger partial charge in [0.1, 0.15) is 0 Å². The van der Waals surface area contributed by atoms with Crippen molar-refractivity contribution in [3.05, 3.63) is 22.0 Å². The molecule has 0 atom stereocenters. The molecule has 3 aromatic heterocycles. The molecule has 0 aliphatic rings. The maximum absolute atomic E-state index is 5.63. The van der Waals surface area contributed by atoms with Crippen LogP contribution in [0.1, 0.15) is 0 Å². The van der Waals surface area contributed by atoms with E-state index in [-0.39, 0.29) is 0 Å². The van der Waals surface area contributed by atoms with Crippen LogP contribution < -0.4 is 0 Å². The van der Waals surface area contributed by atoms with Gasteiger partial charge in [0.05, 0.1) is 0 Å². The summed E-state index contributed by atoms with van der Waals surface area (Å²) in [5.74, 6) is 0. The molecule has 0 spiro atoms.